The molecule has 0 bridgehead atoms. The van der Waals surface area contributed by atoms with Crippen LogP contribution in [0.4, 0.5) is 0 Å². The summed E-state index contributed by atoms with van der Waals surface area (Å²) >= 11 is 0. The number of hydrogen-bond donors (Lipinski definition) is 0. The van der Waals surface area contributed by atoms with E-state index in [0.29, 0.717) is 0 Å². The number of aromatic nitrogens is 1. The first kappa shape index (κ1) is 11.1. The summed E-state index contributed by atoms with van der Waals surface area (Å²) in [6, 6.07) is 21.6. The van der Waals surface area contributed by atoms with Crippen LogP contribution in [0.2, 0.25) is 0 Å². The molecule has 0 aliphatic carbocycles. The van der Waals surface area contributed by atoms with Gasteiger partial charge in [0.2, 0.25) is 0 Å². The van der Waals surface area contributed by atoms with Gasteiger partial charge >= 0.3 is 6.08 Å². The van der Waals surface area contributed by atoms with Gasteiger partial charge < -0.3 is 9.15 Å². The summed E-state index contributed by atoms with van der Waals surface area (Å²) in [6.45, 7) is 0. The minimum absolute atomic E-state index is 0.265. The zero-order valence-electron chi connectivity index (χ0n) is 10.6. The van der Waals surface area contributed by atoms with Crippen LogP contribution in [0.5, 0.6) is 11.8 Å². The number of hydrogen-bond acceptors (Lipinski definition) is 3. The summed E-state index contributed by atoms with van der Waals surface area (Å²) < 4.78 is 11.2. The number of benzene rings is 3. The Hall–Kier alpha value is -2.81. The van der Waals surface area contributed by atoms with Crippen LogP contribution in [-0.4, -0.2) is 4.98 Å². The molecular weight excluding hydrogens is 250 g/mol. The molecule has 3 heteroatoms. The van der Waals surface area contributed by atoms with E-state index < -0.39 is 0 Å². The lowest BCUT2D eigenvalue weighted by Crippen LogP contribution is -1.83. The third kappa shape index (κ3) is 1.89. The summed E-state index contributed by atoms with van der Waals surface area (Å²) in [5.74, 6) is 0.718. The van der Waals surface area contributed by atoms with E-state index in [1.807, 2.05) is 60.7 Å². The minimum atomic E-state index is 0.265. The van der Waals surface area contributed by atoms with E-state index in [1.54, 1.807) is 0 Å². The fourth-order valence-electron chi connectivity index (χ4n) is 2.23. The second-order valence-corrected chi connectivity index (χ2v) is 4.56. The monoisotopic (exact) mass is 261 g/mol. The number of oxazole rings is 1. The molecule has 3 nitrogen and oxygen atoms in total. The molecule has 0 aliphatic heterocycles. The van der Waals surface area contributed by atoms with Gasteiger partial charge in [-0.05, 0) is 35.0 Å². The molecule has 3 aromatic carbocycles. The highest BCUT2D eigenvalue weighted by atomic mass is 16.6. The standard InChI is InChI=1S/C17H11NO2/c1-2-6-13-11-14(10-9-12(13)5-1)19-17-18-15-7-3-4-8-16(15)20-17/h1-11H. The number of ether oxygens (including phenoxy) is 1. The average Bonchev–Trinajstić information content (AvgIpc) is 2.89. The van der Waals surface area contributed by atoms with Gasteiger partial charge in [0.25, 0.3) is 0 Å². The van der Waals surface area contributed by atoms with Gasteiger partial charge in [-0.15, -0.1) is 0 Å². The normalized spacial score (nSPS) is 11.0. The van der Waals surface area contributed by atoms with Crippen molar-refractivity contribution < 1.29 is 9.15 Å². The van der Waals surface area contributed by atoms with Crippen LogP contribution in [0.15, 0.2) is 71.1 Å². The molecule has 0 radical (unpaired) electrons. The Kier molecular flexibility index (Phi) is 2.42. The third-order valence-corrected chi connectivity index (χ3v) is 3.20. The summed E-state index contributed by atoms with van der Waals surface area (Å²) in [4.78, 5) is 4.30. The average molecular weight is 261 g/mol. The first-order chi connectivity index (χ1) is 9.88. The predicted octanol–water partition coefficient (Wildman–Crippen LogP) is 4.77. The molecule has 0 saturated heterocycles. The molecule has 0 atom stereocenters. The van der Waals surface area contributed by atoms with Crippen LogP contribution < -0.4 is 4.74 Å². The fraction of sp³-hybridized carbons (Fsp3) is 0. The lowest BCUT2D eigenvalue weighted by Gasteiger charge is -2.02. The molecule has 0 amide bonds. The van der Waals surface area contributed by atoms with Crippen molar-refractivity contribution in [2.24, 2.45) is 0 Å². The molecule has 4 rings (SSSR count). The Morgan fingerprint density at radius 3 is 2.50 bits per heavy atom. The molecule has 0 fully saturated rings. The highest BCUT2D eigenvalue weighted by molar-refractivity contribution is 5.83. The maximum Gasteiger partial charge on any atom is 0.400 e. The van der Waals surface area contributed by atoms with E-state index in [9.17, 15) is 0 Å². The van der Waals surface area contributed by atoms with Crippen molar-refractivity contribution in [3.63, 3.8) is 0 Å². The molecule has 0 spiro atoms. The van der Waals surface area contributed by atoms with Crippen molar-refractivity contribution in [1.82, 2.24) is 4.98 Å². The van der Waals surface area contributed by atoms with Gasteiger partial charge in [-0.1, -0.05) is 42.5 Å². The van der Waals surface area contributed by atoms with Crippen molar-refractivity contribution in [3.8, 4) is 11.8 Å². The van der Waals surface area contributed by atoms with Crippen molar-refractivity contribution in [3.05, 3.63) is 66.7 Å². The second-order valence-electron chi connectivity index (χ2n) is 4.56. The van der Waals surface area contributed by atoms with E-state index in [0.717, 1.165) is 22.2 Å². The molecule has 96 valence electrons. The van der Waals surface area contributed by atoms with Gasteiger partial charge in [-0.3, -0.25) is 0 Å². The summed E-state index contributed by atoms with van der Waals surface area (Å²) in [7, 11) is 0. The van der Waals surface area contributed by atoms with Gasteiger partial charge in [0.05, 0.1) is 0 Å². The minimum Gasteiger partial charge on any atom is -0.411 e. The number of fused-ring (bicyclic) bond motifs is 2. The Morgan fingerprint density at radius 2 is 1.60 bits per heavy atom. The second kappa shape index (κ2) is 4.38. The molecule has 1 heterocycles. The topological polar surface area (TPSA) is 35.3 Å². The van der Waals surface area contributed by atoms with Crippen molar-refractivity contribution in [2.75, 3.05) is 0 Å². The number of nitrogens with zero attached hydrogens (tertiary/aromatic N) is 1. The molecule has 0 N–H and O–H groups in total. The fourth-order valence-corrected chi connectivity index (χ4v) is 2.23. The van der Waals surface area contributed by atoms with Crippen LogP contribution in [0.25, 0.3) is 21.9 Å². The molecule has 4 aromatic rings. The van der Waals surface area contributed by atoms with Crippen LogP contribution in [0.3, 0.4) is 0 Å². The number of rotatable bonds is 2. The highest BCUT2D eigenvalue weighted by Gasteiger charge is 2.07. The van der Waals surface area contributed by atoms with E-state index in [4.69, 9.17) is 9.15 Å². The Morgan fingerprint density at radius 1 is 0.800 bits per heavy atom. The molecule has 0 aliphatic rings. The van der Waals surface area contributed by atoms with E-state index in [1.165, 1.54) is 5.39 Å². The smallest absolute Gasteiger partial charge is 0.400 e. The third-order valence-electron chi connectivity index (χ3n) is 3.20. The van der Waals surface area contributed by atoms with Gasteiger partial charge in [0.15, 0.2) is 5.58 Å². The first-order valence-electron chi connectivity index (χ1n) is 6.41. The zero-order chi connectivity index (χ0) is 13.4. The molecule has 20 heavy (non-hydrogen) atoms. The SMILES string of the molecule is c1ccc2cc(Oc3nc4ccccc4o3)ccc2c1. The maximum absolute atomic E-state index is 5.69. The number of para-hydroxylation sites is 2. The largest absolute Gasteiger partial charge is 0.411 e. The van der Waals surface area contributed by atoms with Crippen LogP contribution >= 0.6 is 0 Å². The first-order valence-corrected chi connectivity index (χ1v) is 6.41. The van der Waals surface area contributed by atoms with Gasteiger partial charge in [0, 0.05) is 0 Å². The Bertz CT molecular complexity index is 862. The van der Waals surface area contributed by atoms with Crippen molar-refractivity contribution in [2.45, 2.75) is 0 Å². The van der Waals surface area contributed by atoms with Gasteiger partial charge in [-0.2, -0.15) is 4.98 Å². The van der Waals surface area contributed by atoms with E-state index in [2.05, 4.69) is 11.1 Å². The lowest BCUT2D eigenvalue weighted by atomic mass is 10.1. The van der Waals surface area contributed by atoms with Crippen LogP contribution in [0.1, 0.15) is 0 Å². The van der Waals surface area contributed by atoms with Crippen molar-refractivity contribution in [1.29, 1.82) is 0 Å². The summed E-state index contributed by atoms with van der Waals surface area (Å²) in [5, 5.41) is 2.30. The molecule has 0 unspecified atom stereocenters. The predicted molar refractivity (Wildman–Crippen MR) is 78.0 cm³/mol. The van der Waals surface area contributed by atoms with E-state index >= 15 is 0 Å². The summed E-state index contributed by atoms with van der Waals surface area (Å²) in [5.41, 5.74) is 1.52. The summed E-state index contributed by atoms with van der Waals surface area (Å²) in [6.07, 6.45) is 0.265. The highest BCUT2D eigenvalue weighted by Crippen LogP contribution is 2.27. The lowest BCUT2D eigenvalue weighted by molar-refractivity contribution is 0.343. The Balaban J connectivity index is 1.72. The van der Waals surface area contributed by atoms with Crippen LogP contribution in [0, 0.1) is 0 Å². The van der Waals surface area contributed by atoms with Gasteiger partial charge in [-0.25, -0.2) is 0 Å². The molecular formula is C17H11NO2. The Labute approximate surface area is 115 Å². The molecule has 1 aromatic heterocycles. The van der Waals surface area contributed by atoms with Crippen LogP contribution in [-0.2, 0) is 0 Å². The van der Waals surface area contributed by atoms with E-state index in [-0.39, 0.29) is 6.08 Å². The van der Waals surface area contributed by atoms with Gasteiger partial charge in [0.1, 0.15) is 11.3 Å². The van der Waals surface area contributed by atoms with Crippen molar-refractivity contribution >= 4 is 21.9 Å². The zero-order valence-corrected chi connectivity index (χ0v) is 10.6. The quantitative estimate of drug-likeness (QED) is 0.521. The molecule has 0 saturated carbocycles. The maximum atomic E-state index is 5.69.